The molecular formula is C20H25F3N2O. The number of hydrogen-bond acceptors (Lipinski definition) is 1. The Morgan fingerprint density at radius 3 is 2.38 bits per heavy atom. The first kappa shape index (κ1) is 18.8. The van der Waals surface area contributed by atoms with Gasteiger partial charge >= 0.3 is 12.2 Å². The number of halogens is 3. The zero-order chi connectivity index (χ0) is 18.9. The number of nitrogens with zero attached hydrogens (tertiary/aromatic N) is 1. The number of alkyl halides is 3. The molecule has 1 N–H and O–H groups in total. The minimum absolute atomic E-state index is 0.245. The lowest BCUT2D eigenvalue weighted by molar-refractivity contribution is -0.137. The summed E-state index contributed by atoms with van der Waals surface area (Å²) in [5.41, 5.74) is -0.340. The highest BCUT2D eigenvalue weighted by atomic mass is 19.4. The SMILES string of the molecule is CC(C)CN(CC1CC2C=CC1C2)C(=O)Nc1ccc(C(F)(F)F)cc1. The molecule has 0 heterocycles. The highest BCUT2D eigenvalue weighted by molar-refractivity contribution is 5.89. The number of fused-ring (bicyclic) bond motifs is 2. The molecule has 0 aliphatic heterocycles. The summed E-state index contributed by atoms with van der Waals surface area (Å²) in [6, 6.07) is 4.33. The molecule has 3 unspecified atom stereocenters. The van der Waals surface area contributed by atoms with Gasteiger partial charge in [-0.05, 0) is 60.8 Å². The van der Waals surface area contributed by atoms with E-state index in [1.807, 2.05) is 4.90 Å². The van der Waals surface area contributed by atoms with E-state index in [4.69, 9.17) is 0 Å². The van der Waals surface area contributed by atoms with Crippen LogP contribution in [-0.4, -0.2) is 24.0 Å². The van der Waals surface area contributed by atoms with E-state index >= 15 is 0 Å². The molecule has 2 aliphatic rings. The molecule has 0 saturated heterocycles. The molecule has 3 nitrogen and oxygen atoms in total. The summed E-state index contributed by atoms with van der Waals surface area (Å²) < 4.78 is 38.0. The number of nitrogens with one attached hydrogen (secondary N) is 1. The molecule has 3 atom stereocenters. The van der Waals surface area contributed by atoms with Gasteiger partial charge in [0.1, 0.15) is 0 Å². The summed E-state index contributed by atoms with van der Waals surface area (Å²) in [5.74, 6) is 1.99. The van der Waals surface area contributed by atoms with Gasteiger partial charge in [0, 0.05) is 18.8 Å². The number of hydrogen-bond donors (Lipinski definition) is 1. The second-order valence-electron chi connectivity index (χ2n) is 7.84. The Morgan fingerprint density at radius 2 is 1.88 bits per heavy atom. The van der Waals surface area contributed by atoms with E-state index in [1.165, 1.54) is 18.6 Å². The number of allylic oxidation sites excluding steroid dienone is 2. The van der Waals surface area contributed by atoms with Crippen molar-refractivity contribution in [1.82, 2.24) is 4.90 Å². The molecule has 142 valence electrons. The standard InChI is InChI=1S/C20H25F3N2O/c1-13(2)11-25(12-16-10-14-3-4-15(16)9-14)19(26)24-18-7-5-17(6-8-18)20(21,22)23/h3-8,13-16H,9-12H2,1-2H3,(H,24,26). The molecule has 1 fully saturated rings. The van der Waals surface area contributed by atoms with Crippen LogP contribution in [0.4, 0.5) is 23.7 Å². The van der Waals surface area contributed by atoms with Crippen molar-refractivity contribution < 1.29 is 18.0 Å². The molecule has 0 aromatic heterocycles. The summed E-state index contributed by atoms with van der Waals surface area (Å²) >= 11 is 0. The van der Waals surface area contributed by atoms with E-state index in [1.54, 1.807) is 0 Å². The number of urea groups is 1. The fourth-order valence-corrected chi connectivity index (χ4v) is 4.01. The van der Waals surface area contributed by atoms with Gasteiger partial charge in [0.15, 0.2) is 0 Å². The molecule has 26 heavy (non-hydrogen) atoms. The Bertz CT molecular complexity index is 667. The predicted octanol–water partition coefficient (Wildman–Crippen LogP) is 5.41. The van der Waals surface area contributed by atoms with E-state index in [0.717, 1.165) is 18.6 Å². The molecule has 1 saturated carbocycles. The zero-order valence-corrected chi connectivity index (χ0v) is 15.1. The normalized spacial score (nSPS) is 24.3. The smallest absolute Gasteiger partial charge is 0.324 e. The second kappa shape index (κ2) is 7.33. The second-order valence-corrected chi connectivity index (χ2v) is 7.84. The molecule has 1 aromatic carbocycles. The Morgan fingerprint density at radius 1 is 1.19 bits per heavy atom. The first-order chi connectivity index (χ1) is 12.2. The summed E-state index contributed by atoms with van der Waals surface area (Å²) in [4.78, 5) is 14.5. The van der Waals surface area contributed by atoms with Crippen LogP contribution in [0.3, 0.4) is 0 Å². The summed E-state index contributed by atoms with van der Waals surface area (Å²) in [6.45, 7) is 5.43. The van der Waals surface area contributed by atoms with Gasteiger partial charge in [0.2, 0.25) is 0 Å². The van der Waals surface area contributed by atoms with E-state index in [-0.39, 0.29) is 6.03 Å². The molecule has 2 aliphatic carbocycles. The van der Waals surface area contributed by atoms with Gasteiger partial charge in [-0.2, -0.15) is 13.2 Å². The molecule has 1 aromatic rings. The zero-order valence-electron chi connectivity index (χ0n) is 15.1. The number of carbonyl (C=O) groups excluding carboxylic acids is 1. The van der Waals surface area contributed by atoms with Crippen molar-refractivity contribution in [2.75, 3.05) is 18.4 Å². The maximum absolute atomic E-state index is 12.7. The van der Waals surface area contributed by atoms with Crippen LogP contribution >= 0.6 is 0 Å². The van der Waals surface area contributed by atoms with E-state index in [9.17, 15) is 18.0 Å². The Hall–Kier alpha value is -1.98. The topological polar surface area (TPSA) is 32.3 Å². The summed E-state index contributed by atoms with van der Waals surface area (Å²) in [5, 5.41) is 2.75. The molecule has 2 bridgehead atoms. The number of benzene rings is 1. The van der Waals surface area contributed by atoms with Crippen LogP contribution in [-0.2, 0) is 6.18 Å². The van der Waals surface area contributed by atoms with Crippen molar-refractivity contribution in [1.29, 1.82) is 0 Å². The van der Waals surface area contributed by atoms with Gasteiger partial charge in [0.25, 0.3) is 0 Å². The third-order valence-corrected chi connectivity index (χ3v) is 5.21. The highest BCUT2D eigenvalue weighted by Crippen LogP contribution is 2.43. The van der Waals surface area contributed by atoms with Crippen molar-refractivity contribution >= 4 is 11.7 Å². The van der Waals surface area contributed by atoms with Crippen molar-refractivity contribution in [2.24, 2.45) is 23.7 Å². The van der Waals surface area contributed by atoms with E-state index < -0.39 is 11.7 Å². The fourth-order valence-electron chi connectivity index (χ4n) is 4.01. The van der Waals surface area contributed by atoms with Crippen molar-refractivity contribution in [2.45, 2.75) is 32.9 Å². The number of anilines is 1. The Balaban J connectivity index is 1.64. The molecule has 6 heteroatoms. The number of amides is 2. The fraction of sp³-hybridized carbons (Fsp3) is 0.550. The predicted molar refractivity (Wildman–Crippen MR) is 95.7 cm³/mol. The highest BCUT2D eigenvalue weighted by Gasteiger charge is 2.37. The quantitative estimate of drug-likeness (QED) is 0.695. The van der Waals surface area contributed by atoms with Crippen LogP contribution in [0.2, 0.25) is 0 Å². The van der Waals surface area contributed by atoms with Crippen LogP contribution in [0.15, 0.2) is 36.4 Å². The molecule has 2 amide bonds. The van der Waals surface area contributed by atoms with Gasteiger partial charge in [-0.3, -0.25) is 0 Å². The van der Waals surface area contributed by atoms with Crippen LogP contribution in [0.5, 0.6) is 0 Å². The van der Waals surface area contributed by atoms with E-state index in [2.05, 4.69) is 31.3 Å². The third-order valence-electron chi connectivity index (χ3n) is 5.21. The molecule has 0 radical (unpaired) electrons. The van der Waals surface area contributed by atoms with Gasteiger partial charge in [-0.25, -0.2) is 4.79 Å². The van der Waals surface area contributed by atoms with Crippen LogP contribution in [0.25, 0.3) is 0 Å². The van der Waals surface area contributed by atoms with Gasteiger partial charge < -0.3 is 10.2 Å². The average molecular weight is 366 g/mol. The van der Waals surface area contributed by atoms with Crippen LogP contribution in [0.1, 0.15) is 32.3 Å². The first-order valence-corrected chi connectivity index (χ1v) is 9.14. The monoisotopic (exact) mass is 366 g/mol. The van der Waals surface area contributed by atoms with Crippen LogP contribution < -0.4 is 5.32 Å². The molecule has 0 spiro atoms. The van der Waals surface area contributed by atoms with Gasteiger partial charge in [0.05, 0.1) is 5.56 Å². The minimum atomic E-state index is -4.37. The van der Waals surface area contributed by atoms with Crippen molar-refractivity contribution in [3.8, 4) is 0 Å². The summed E-state index contributed by atoms with van der Waals surface area (Å²) in [6.07, 6.45) is 2.46. The van der Waals surface area contributed by atoms with Crippen LogP contribution in [0, 0.1) is 23.7 Å². The minimum Gasteiger partial charge on any atom is -0.324 e. The lowest BCUT2D eigenvalue weighted by atomic mass is 9.93. The average Bonchev–Trinajstić information content (AvgIpc) is 3.16. The largest absolute Gasteiger partial charge is 0.416 e. The summed E-state index contributed by atoms with van der Waals surface area (Å²) in [7, 11) is 0. The Kier molecular flexibility index (Phi) is 5.30. The molecular weight excluding hydrogens is 341 g/mol. The van der Waals surface area contributed by atoms with Crippen molar-refractivity contribution in [3.63, 3.8) is 0 Å². The Labute approximate surface area is 152 Å². The number of rotatable bonds is 5. The van der Waals surface area contributed by atoms with Gasteiger partial charge in [-0.15, -0.1) is 0 Å². The third kappa shape index (κ3) is 4.40. The lowest BCUT2D eigenvalue weighted by Crippen LogP contribution is -2.41. The number of carbonyl (C=O) groups is 1. The maximum atomic E-state index is 12.7. The maximum Gasteiger partial charge on any atom is 0.416 e. The first-order valence-electron chi connectivity index (χ1n) is 9.14. The van der Waals surface area contributed by atoms with E-state index in [0.29, 0.717) is 42.4 Å². The van der Waals surface area contributed by atoms with Crippen molar-refractivity contribution in [3.05, 3.63) is 42.0 Å². The lowest BCUT2D eigenvalue weighted by Gasteiger charge is -2.30. The van der Waals surface area contributed by atoms with Gasteiger partial charge in [-0.1, -0.05) is 26.0 Å². The molecule has 3 rings (SSSR count).